The number of nitrogens with two attached hydrogens (primary N) is 1. The van der Waals surface area contributed by atoms with E-state index in [1.807, 2.05) is 13.8 Å². The van der Waals surface area contributed by atoms with Gasteiger partial charge in [-0.25, -0.2) is 0 Å². The molecule has 0 aliphatic heterocycles. The van der Waals surface area contributed by atoms with E-state index in [-0.39, 0.29) is 6.04 Å². The number of alkyl halides is 1. The highest BCUT2D eigenvalue weighted by molar-refractivity contribution is 9.09. The van der Waals surface area contributed by atoms with Crippen molar-refractivity contribution in [2.75, 3.05) is 0 Å². The predicted octanol–water partition coefficient (Wildman–Crippen LogP) is 1.12. The summed E-state index contributed by atoms with van der Waals surface area (Å²) in [4.78, 5) is 0.442. The minimum absolute atomic E-state index is 0.269. The third kappa shape index (κ3) is 2.67. The van der Waals surface area contributed by atoms with Crippen LogP contribution in [0.4, 0.5) is 0 Å². The van der Waals surface area contributed by atoms with Crippen LogP contribution in [0, 0.1) is 0 Å². The smallest absolute Gasteiger partial charge is 0.0266 e. The molecule has 0 spiro atoms. The molecule has 38 valence electrons. The Kier molecular flexibility index (Phi) is 2.78. The highest BCUT2D eigenvalue weighted by atomic mass is 79.9. The molecule has 0 amide bonds. The van der Waals surface area contributed by atoms with Crippen LogP contribution in [-0.2, 0) is 0 Å². The van der Waals surface area contributed by atoms with E-state index >= 15 is 0 Å². The van der Waals surface area contributed by atoms with Crippen molar-refractivity contribution in [2.24, 2.45) is 5.73 Å². The molecule has 0 radical (unpaired) electrons. The van der Waals surface area contributed by atoms with Crippen molar-refractivity contribution in [1.82, 2.24) is 0 Å². The first-order valence-corrected chi connectivity index (χ1v) is 2.96. The number of halogens is 1. The van der Waals surface area contributed by atoms with Gasteiger partial charge in [-0.05, 0) is 6.92 Å². The molecule has 2 atom stereocenters. The molecular weight excluding hydrogens is 142 g/mol. The van der Waals surface area contributed by atoms with Crippen LogP contribution in [-0.4, -0.2) is 10.9 Å². The van der Waals surface area contributed by atoms with Crippen molar-refractivity contribution < 1.29 is 0 Å². The molecule has 0 unspecified atom stereocenters. The minimum Gasteiger partial charge on any atom is -0.327 e. The molecule has 0 aliphatic rings. The van der Waals surface area contributed by atoms with Gasteiger partial charge in [0.1, 0.15) is 0 Å². The Bertz CT molecular complexity index is 28.5. The van der Waals surface area contributed by atoms with Gasteiger partial charge >= 0.3 is 0 Å². The van der Waals surface area contributed by atoms with E-state index < -0.39 is 0 Å². The van der Waals surface area contributed by atoms with Gasteiger partial charge in [0.15, 0.2) is 0 Å². The summed E-state index contributed by atoms with van der Waals surface area (Å²) in [6.45, 7) is 4.00. The molecule has 0 fully saturated rings. The Morgan fingerprint density at radius 2 is 1.67 bits per heavy atom. The van der Waals surface area contributed by atoms with Crippen molar-refractivity contribution in [3.05, 3.63) is 0 Å². The molecule has 0 aliphatic carbocycles. The van der Waals surface area contributed by atoms with Crippen LogP contribution < -0.4 is 5.73 Å². The van der Waals surface area contributed by atoms with Crippen molar-refractivity contribution in [3.8, 4) is 0 Å². The van der Waals surface area contributed by atoms with E-state index in [2.05, 4.69) is 15.9 Å². The van der Waals surface area contributed by atoms with Gasteiger partial charge < -0.3 is 5.73 Å². The van der Waals surface area contributed by atoms with Crippen LogP contribution >= 0.6 is 15.9 Å². The van der Waals surface area contributed by atoms with E-state index in [1.54, 1.807) is 0 Å². The van der Waals surface area contributed by atoms with Crippen molar-refractivity contribution in [3.63, 3.8) is 0 Å². The first-order chi connectivity index (χ1) is 2.64. The molecule has 0 saturated carbocycles. The zero-order chi connectivity index (χ0) is 5.15. The lowest BCUT2D eigenvalue weighted by Gasteiger charge is -2.03. The lowest BCUT2D eigenvalue weighted by Crippen LogP contribution is -2.23. The summed E-state index contributed by atoms with van der Waals surface area (Å²) in [5.74, 6) is 0. The van der Waals surface area contributed by atoms with Gasteiger partial charge in [-0.1, -0.05) is 22.9 Å². The lowest BCUT2D eigenvalue weighted by atomic mass is 10.3. The van der Waals surface area contributed by atoms with Gasteiger partial charge in [0, 0.05) is 10.9 Å². The monoisotopic (exact) mass is 151 g/mol. The summed E-state index contributed by atoms with van der Waals surface area (Å²) in [7, 11) is 0. The maximum atomic E-state index is 5.39. The van der Waals surface area contributed by atoms with E-state index in [0.29, 0.717) is 4.83 Å². The van der Waals surface area contributed by atoms with E-state index in [0.717, 1.165) is 0 Å². The first-order valence-electron chi connectivity index (χ1n) is 2.04. The number of rotatable bonds is 1. The largest absolute Gasteiger partial charge is 0.327 e. The van der Waals surface area contributed by atoms with E-state index in [1.165, 1.54) is 0 Å². The average molecular weight is 152 g/mol. The Balaban J connectivity index is 2.99. The Morgan fingerprint density at radius 3 is 1.67 bits per heavy atom. The molecule has 6 heavy (non-hydrogen) atoms. The zero-order valence-corrected chi connectivity index (χ0v) is 5.70. The topological polar surface area (TPSA) is 26.0 Å². The Labute approximate surface area is 47.0 Å². The summed E-state index contributed by atoms with van der Waals surface area (Å²) in [6.07, 6.45) is 0. The molecule has 0 aromatic carbocycles. The average Bonchev–Trinajstić information content (AvgIpc) is 1.36. The fourth-order valence-electron chi connectivity index (χ4n) is 0. The maximum Gasteiger partial charge on any atom is 0.0266 e. The zero-order valence-electron chi connectivity index (χ0n) is 4.11. The highest BCUT2D eigenvalue weighted by Crippen LogP contribution is 1.98. The van der Waals surface area contributed by atoms with Crippen LogP contribution in [0.15, 0.2) is 0 Å². The van der Waals surface area contributed by atoms with Crippen molar-refractivity contribution in [1.29, 1.82) is 0 Å². The fourth-order valence-corrected chi connectivity index (χ4v) is 0. The third-order valence-corrected chi connectivity index (χ3v) is 1.56. The third-order valence-electron chi connectivity index (χ3n) is 0.725. The Morgan fingerprint density at radius 1 is 1.50 bits per heavy atom. The summed E-state index contributed by atoms with van der Waals surface area (Å²) in [6, 6.07) is 0.269. The molecular formula is C4H10BrN. The second kappa shape index (κ2) is 2.59. The second-order valence-electron chi connectivity index (χ2n) is 1.54. The molecule has 0 aromatic heterocycles. The molecule has 0 saturated heterocycles. The van der Waals surface area contributed by atoms with E-state index in [4.69, 9.17) is 5.73 Å². The molecule has 0 aromatic rings. The first kappa shape index (κ1) is 6.44. The summed E-state index contributed by atoms with van der Waals surface area (Å²) in [5.41, 5.74) is 5.39. The summed E-state index contributed by atoms with van der Waals surface area (Å²) < 4.78 is 0. The molecule has 0 rings (SSSR count). The van der Waals surface area contributed by atoms with Crippen LogP contribution in [0.2, 0.25) is 0 Å². The number of hydrogen-bond donors (Lipinski definition) is 1. The summed E-state index contributed by atoms with van der Waals surface area (Å²) in [5, 5.41) is 0. The van der Waals surface area contributed by atoms with Crippen molar-refractivity contribution >= 4 is 15.9 Å². The van der Waals surface area contributed by atoms with Gasteiger partial charge in [0.25, 0.3) is 0 Å². The van der Waals surface area contributed by atoms with Crippen molar-refractivity contribution in [2.45, 2.75) is 24.7 Å². The van der Waals surface area contributed by atoms with Gasteiger partial charge in [0.05, 0.1) is 0 Å². The van der Waals surface area contributed by atoms with Gasteiger partial charge in [-0.3, -0.25) is 0 Å². The highest BCUT2D eigenvalue weighted by Gasteiger charge is 1.98. The molecule has 2 N–H and O–H groups in total. The van der Waals surface area contributed by atoms with Crippen LogP contribution in [0.1, 0.15) is 13.8 Å². The SMILES string of the molecule is C[C@@H](N)[C@@H](C)Br. The van der Waals surface area contributed by atoms with Crippen LogP contribution in [0.5, 0.6) is 0 Å². The quantitative estimate of drug-likeness (QED) is 0.559. The second-order valence-corrected chi connectivity index (χ2v) is 2.98. The van der Waals surface area contributed by atoms with Gasteiger partial charge in [0.2, 0.25) is 0 Å². The minimum atomic E-state index is 0.269. The van der Waals surface area contributed by atoms with Crippen LogP contribution in [0.25, 0.3) is 0 Å². The maximum absolute atomic E-state index is 5.39. The molecule has 0 heterocycles. The number of hydrogen-bond acceptors (Lipinski definition) is 1. The van der Waals surface area contributed by atoms with Gasteiger partial charge in [-0.2, -0.15) is 0 Å². The van der Waals surface area contributed by atoms with Crippen LogP contribution in [0.3, 0.4) is 0 Å². The van der Waals surface area contributed by atoms with Gasteiger partial charge in [-0.15, -0.1) is 0 Å². The molecule has 0 bridgehead atoms. The fraction of sp³-hybridized carbons (Fsp3) is 1.00. The lowest BCUT2D eigenvalue weighted by molar-refractivity contribution is 0.740. The standard InChI is InChI=1S/C4H10BrN/c1-3(5)4(2)6/h3-4H,6H2,1-2H3/t3-,4-/m1/s1. The molecule has 1 nitrogen and oxygen atoms in total. The summed E-state index contributed by atoms with van der Waals surface area (Å²) >= 11 is 3.31. The molecule has 2 heteroatoms. The Hall–Kier alpha value is 0.440. The normalized spacial score (nSPS) is 20.0. The van der Waals surface area contributed by atoms with E-state index in [9.17, 15) is 0 Å². The predicted molar refractivity (Wildman–Crippen MR) is 32.0 cm³/mol.